The Hall–Kier alpha value is -3.33. The summed E-state index contributed by atoms with van der Waals surface area (Å²) < 4.78 is 1.57. The predicted octanol–water partition coefficient (Wildman–Crippen LogP) is 3.48. The summed E-state index contributed by atoms with van der Waals surface area (Å²) >= 11 is 0. The fourth-order valence-electron chi connectivity index (χ4n) is 5.30. The van der Waals surface area contributed by atoms with E-state index in [4.69, 9.17) is 0 Å². The molecule has 5 rings (SSSR count). The van der Waals surface area contributed by atoms with Crippen LogP contribution >= 0.6 is 0 Å². The number of aromatic nitrogens is 5. The molecular weight excluding hydrogens is 428 g/mol. The zero-order valence-corrected chi connectivity index (χ0v) is 20.3. The maximum absolute atomic E-state index is 13.0. The van der Waals surface area contributed by atoms with Gasteiger partial charge in [0.05, 0.1) is 42.1 Å². The molecule has 3 heterocycles. The van der Waals surface area contributed by atoms with Crippen molar-refractivity contribution in [1.29, 1.82) is 0 Å². The molecule has 9 heteroatoms. The first-order valence-corrected chi connectivity index (χ1v) is 11.9. The highest BCUT2D eigenvalue weighted by Crippen LogP contribution is 2.46. The van der Waals surface area contributed by atoms with Crippen LogP contribution in [-0.2, 0) is 5.54 Å². The van der Waals surface area contributed by atoms with E-state index in [2.05, 4.69) is 88.8 Å². The molecule has 0 radical (unpaired) electrons. The van der Waals surface area contributed by atoms with Gasteiger partial charge in [0, 0.05) is 5.54 Å². The van der Waals surface area contributed by atoms with Crippen LogP contribution in [0.25, 0.3) is 5.95 Å². The van der Waals surface area contributed by atoms with Crippen LogP contribution in [0.4, 0.5) is 10.5 Å². The van der Waals surface area contributed by atoms with Crippen molar-refractivity contribution in [3.63, 3.8) is 0 Å². The van der Waals surface area contributed by atoms with Crippen molar-refractivity contribution in [2.45, 2.75) is 56.5 Å². The minimum Gasteiger partial charge on any atom is -0.330 e. The summed E-state index contributed by atoms with van der Waals surface area (Å²) in [5, 5.41) is 11.6. The Bertz CT molecular complexity index is 1150. The van der Waals surface area contributed by atoms with E-state index >= 15 is 0 Å². The standard InChI is InChI=1S/C25H32N8O/c1-18(2)21-16-33(30-29-21)22-26-14-20(15-27-22)32-17-24(28-23(32)34)10-12-25(13-11-24,31(3)4)19-8-6-5-7-9-19/h5-9,14-16,18H,10-13,17H2,1-4H3,(H,28,34)/t24-,25+. The third kappa shape index (κ3) is 3.83. The molecule has 1 saturated carbocycles. The fraction of sp³-hybridized carbons (Fsp3) is 0.480. The number of anilines is 1. The zero-order valence-electron chi connectivity index (χ0n) is 20.3. The number of nitrogens with one attached hydrogen (secondary N) is 1. The summed E-state index contributed by atoms with van der Waals surface area (Å²) in [6.45, 7) is 4.75. The third-order valence-corrected chi connectivity index (χ3v) is 7.52. The minimum atomic E-state index is -0.234. The van der Waals surface area contributed by atoms with Crippen molar-refractivity contribution in [1.82, 2.24) is 35.2 Å². The largest absolute Gasteiger partial charge is 0.330 e. The Morgan fingerprint density at radius 2 is 1.71 bits per heavy atom. The molecule has 2 aromatic heterocycles. The monoisotopic (exact) mass is 460 g/mol. The average molecular weight is 461 g/mol. The van der Waals surface area contributed by atoms with Gasteiger partial charge < -0.3 is 5.32 Å². The van der Waals surface area contributed by atoms with Crippen LogP contribution in [0.2, 0.25) is 0 Å². The second-order valence-electron chi connectivity index (χ2n) is 10.1. The summed E-state index contributed by atoms with van der Waals surface area (Å²) in [4.78, 5) is 25.9. The molecule has 0 atom stereocenters. The Morgan fingerprint density at radius 1 is 1.03 bits per heavy atom. The van der Waals surface area contributed by atoms with Crippen LogP contribution in [-0.4, -0.2) is 62.1 Å². The van der Waals surface area contributed by atoms with E-state index in [-0.39, 0.29) is 23.0 Å². The van der Waals surface area contributed by atoms with Crippen LogP contribution in [0, 0.1) is 0 Å². The second-order valence-corrected chi connectivity index (χ2v) is 10.1. The number of carbonyl (C=O) groups excluding carboxylic acids is 1. The summed E-state index contributed by atoms with van der Waals surface area (Å²) in [6, 6.07) is 10.6. The van der Waals surface area contributed by atoms with E-state index in [0.717, 1.165) is 31.4 Å². The maximum Gasteiger partial charge on any atom is 0.322 e. The van der Waals surface area contributed by atoms with Crippen molar-refractivity contribution in [3.8, 4) is 5.95 Å². The van der Waals surface area contributed by atoms with Crippen molar-refractivity contribution >= 4 is 11.7 Å². The summed E-state index contributed by atoms with van der Waals surface area (Å²) in [5.74, 6) is 0.717. The molecule has 1 aliphatic carbocycles. The lowest BCUT2D eigenvalue weighted by Crippen LogP contribution is -2.54. The van der Waals surface area contributed by atoms with E-state index in [1.54, 1.807) is 22.0 Å². The highest BCUT2D eigenvalue weighted by atomic mass is 16.2. The van der Waals surface area contributed by atoms with Crippen LogP contribution < -0.4 is 10.2 Å². The number of urea groups is 1. The lowest BCUT2D eigenvalue weighted by atomic mass is 9.69. The van der Waals surface area contributed by atoms with Gasteiger partial charge in [-0.3, -0.25) is 9.80 Å². The van der Waals surface area contributed by atoms with Gasteiger partial charge in [-0.1, -0.05) is 49.4 Å². The molecule has 0 bridgehead atoms. The highest BCUT2D eigenvalue weighted by Gasteiger charge is 2.50. The maximum atomic E-state index is 13.0. The molecule has 1 aromatic carbocycles. The molecule has 178 valence electrons. The first-order valence-electron chi connectivity index (χ1n) is 11.9. The molecule has 2 fully saturated rings. The number of carbonyl (C=O) groups is 1. The van der Waals surface area contributed by atoms with E-state index in [1.165, 1.54) is 5.56 Å². The Labute approximate surface area is 200 Å². The lowest BCUT2D eigenvalue weighted by molar-refractivity contribution is 0.0658. The van der Waals surface area contributed by atoms with E-state index < -0.39 is 0 Å². The number of amides is 2. The quantitative estimate of drug-likeness (QED) is 0.627. The number of rotatable bonds is 5. The minimum absolute atomic E-state index is 0.0118. The van der Waals surface area contributed by atoms with Gasteiger partial charge in [0.25, 0.3) is 5.95 Å². The molecule has 1 saturated heterocycles. The topological polar surface area (TPSA) is 92.1 Å². The molecule has 3 aromatic rings. The first kappa shape index (κ1) is 22.5. The molecule has 2 amide bonds. The summed E-state index contributed by atoms with van der Waals surface area (Å²) in [6.07, 6.45) is 9.01. The normalized spacial score (nSPS) is 24.9. The predicted molar refractivity (Wildman–Crippen MR) is 130 cm³/mol. The van der Waals surface area contributed by atoms with Gasteiger partial charge in [0.2, 0.25) is 0 Å². The number of benzene rings is 1. The molecule has 1 spiro atoms. The number of hydrogen-bond acceptors (Lipinski definition) is 6. The Kier molecular flexibility index (Phi) is 5.59. The van der Waals surface area contributed by atoms with Gasteiger partial charge in [0.15, 0.2) is 0 Å². The fourth-order valence-corrected chi connectivity index (χ4v) is 5.30. The Balaban J connectivity index is 1.31. The molecule has 1 N–H and O–H groups in total. The average Bonchev–Trinajstić information content (AvgIpc) is 3.46. The molecule has 1 aliphatic heterocycles. The number of nitrogens with zero attached hydrogens (tertiary/aromatic N) is 7. The molecular formula is C25H32N8O. The van der Waals surface area contributed by atoms with Gasteiger partial charge in [-0.15, -0.1) is 5.10 Å². The van der Waals surface area contributed by atoms with Crippen molar-refractivity contribution in [2.75, 3.05) is 25.5 Å². The first-order chi connectivity index (χ1) is 16.3. The summed E-state index contributed by atoms with van der Waals surface area (Å²) in [7, 11) is 4.31. The SMILES string of the molecule is CC(C)c1cn(-c2ncc(N3C[C@]4(CC[C@](c5ccccc5)(N(C)C)CC4)NC3=O)cn2)nn1. The molecule has 2 aliphatic rings. The van der Waals surface area contributed by atoms with E-state index in [0.29, 0.717) is 18.2 Å². The van der Waals surface area contributed by atoms with E-state index in [1.807, 2.05) is 6.20 Å². The third-order valence-electron chi connectivity index (χ3n) is 7.52. The summed E-state index contributed by atoms with van der Waals surface area (Å²) in [5.41, 5.74) is 2.67. The van der Waals surface area contributed by atoms with E-state index in [9.17, 15) is 4.79 Å². The zero-order chi connectivity index (χ0) is 23.9. The molecule has 9 nitrogen and oxygen atoms in total. The Morgan fingerprint density at radius 3 is 2.29 bits per heavy atom. The van der Waals surface area contributed by atoms with Gasteiger partial charge in [-0.25, -0.2) is 14.8 Å². The van der Waals surface area contributed by atoms with Crippen LogP contribution in [0.5, 0.6) is 0 Å². The van der Waals surface area contributed by atoms with Gasteiger partial charge in [0.1, 0.15) is 0 Å². The van der Waals surface area contributed by atoms with Crippen LogP contribution in [0.3, 0.4) is 0 Å². The van der Waals surface area contributed by atoms with Crippen molar-refractivity contribution < 1.29 is 4.79 Å². The van der Waals surface area contributed by atoms with Crippen molar-refractivity contribution in [2.24, 2.45) is 0 Å². The highest BCUT2D eigenvalue weighted by molar-refractivity contribution is 5.95. The molecule has 34 heavy (non-hydrogen) atoms. The molecule has 0 unspecified atom stereocenters. The van der Waals surface area contributed by atoms with Crippen molar-refractivity contribution in [3.05, 3.63) is 60.2 Å². The lowest BCUT2D eigenvalue weighted by Gasteiger charge is -2.48. The van der Waals surface area contributed by atoms with Gasteiger partial charge >= 0.3 is 6.03 Å². The van der Waals surface area contributed by atoms with Gasteiger partial charge in [-0.2, -0.15) is 4.68 Å². The van der Waals surface area contributed by atoms with Gasteiger partial charge in [-0.05, 0) is 51.3 Å². The van der Waals surface area contributed by atoms with Crippen LogP contribution in [0.15, 0.2) is 48.9 Å². The van der Waals surface area contributed by atoms with Crippen LogP contribution in [0.1, 0.15) is 56.7 Å². The number of hydrogen-bond donors (Lipinski definition) is 1. The smallest absolute Gasteiger partial charge is 0.322 e. The second kappa shape index (κ2) is 8.47.